The Balaban J connectivity index is 1.56. The molecule has 1 unspecified atom stereocenters. The first-order valence-electron chi connectivity index (χ1n) is 8.12. The van der Waals surface area contributed by atoms with Crippen molar-refractivity contribution in [1.82, 2.24) is 20.1 Å². The third kappa shape index (κ3) is 4.14. The number of carbonyl (C=O) groups excluding carboxylic acids is 1. The fourth-order valence-corrected chi connectivity index (χ4v) is 2.58. The van der Waals surface area contributed by atoms with Crippen LogP contribution in [0.25, 0.3) is 0 Å². The van der Waals surface area contributed by atoms with E-state index in [1.165, 1.54) is 13.3 Å². The Labute approximate surface area is 145 Å². The maximum atomic E-state index is 12.5. The minimum atomic E-state index is -0.109. The molecule has 1 fully saturated rings. The predicted octanol–water partition coefficient (Wildman–Crippen LogP) is 1.57. The van der Waals surface area contributed by atoms with Gasteiger partial charge >= 0.3 is 0 Å². The smallest absolute Gasteiger partial charge is 0.255 e. The molecular weight excluding hydrogens is 324 g/mol. The minimum absolute atomic E-state index is 0.0672. The normalized spacial score (nSPS) is 16.6. The summed E-state index contributed by atoms with van der Waals surface area (Å²) in [6.45, 7) is 3.55. The molecule has 3 rings (SSSR count). The third-order valence-corrected chi connectivity index (χ3v) is 3.82. The molecule has 132 valence electrons. The van der Waals surface area contributed by atoms with E-state index < -0.39 is 0 Å². The second kappa shape index (κ2) is 7.78. The fourth-order valence-electron chi connectivity index (χ4n) is 2.58. The van der Waals surface area contributed by atoms with Gasteiger partial charge < -0.3 is 19.1 Å². The van der Waals surface area contributed by atoms with Gasteiger partial charge in [-0.1, -0.05) is 0 Å². The number of methoxy groups -OCH3 is 1. The summed E-state index contributed by atoms with van der Waals surface area (Å²) in [5, 5.41) is 7.81. The topological polar surface area (TPSA) is 86.7 Å². The highest BCUT2D eigenvalue weighted by atomic mass is 16.5. The zero-order valence-electron chi connectivity index (χ0n) is 14.2. The van der Waals surface area contributed by atoms with Crippen molar-refractivity contribution in [3.05, 3.63) is 36.0 Å². The Morgan fingerprint density at radius 1 is 1.20 bits per heavy atom. The van der Waals surface area contributed by atoms with E-state index in [1.807, 2.05) is 6.92 Å². The van der Waals surface area contributed by atoms with E-state index in [0.717, 1.165) is 6.42 Å². The van der Waals surface area contributed by atoms with Crippen LogP contribution in [0.15, 0.2) is 30.5 Å². The first-order chi connectivity index (χ1) is 12.2. The van der Waals surface area contributed by atoms with Crippen molar-refractivity contribution < 1.29 is 19.0 Å². The predicted molar refractivity (Wildman–Crippen MR) is 88.9 cm³/mol. The third-order valence-electron chi connectivity index (χ3n) is 3.82. The summed E-state index contributed by atoms with van der Waals surface area (Å²) < 4.78 is 16.0. The Morgan fingerprint density at radius 3 is 2.60 bits per heavy atom. The van der Waals surface area contributed by atoms with E-state index in [-0.39, 0.29) is 12.0 Å². The number of aromatic nitrogens is 3. The molecule has 3 heterocycles. The van der Waals surface area contributed by atoms with Crippen LogP contribution in [0.2, 0.25) is 0 Å². The molecule has 0 saturated carbocycles. The number of carbonyl (C=O) groups is 1. The van der Waals surface area contributed by atoms with Crippen LogP contribution in [0.4, 0.5) is 0 Å². The van der Waals surface area contributed by atoms with Crippen molar-refractivity contribution in [3.8, 4) is 17.6 Å². The highest BCUT2D eigenvalue weighted by Crippen LogP contribution is 2.19. The van der Waals surface area contributed by atoms with Gasteiger partial charge in [0.05, 0.1) is 25.8 Å². The van der Waals surface area contributed by atoms with Gasteiger partial charge in [0.25, 0.3) is 5.91 Å². The van der Waals surface area contributed by atoms with Crippen LogP contribution in [0, 0.1) is 0 Å². The van der Waals surface area contributed by atoms with E-state index in [9.17, 15) is 4.79 Å². The zero-order valence-corrected chi connectivity index (χ0v) is 14.2. The van der Waals surface area contributed by atoms with Crippen molar-refractivity contribution in [1.29, 1.82) is 0 Å². The fraction of sp³-hybridized carbons (Fsp3) is 0.412. The molecule has 2 aromatic rings. The molecule has 1 aliphatic rings. The number of pyridine rings is 1. The molecule has 0 spiro atoms. The van der Waals surface area contributed by atoms with Gasteiger partial charge in [-0.2, -0.15) is 0 Å². The van der Waals surface area contributed by atoms with Gasteiger partial charge in [0, 0.05) is 37.4 Å². The van der Waals surface area contributed by atoms with E-state index >= 15 is 0 Å². The molecule has 0 N–H and O–H groups in total. The van der Waals surface area contributed by atoms with Crippen LogP contribution >= 0.6 is 0 Å². The lowest BCUT2D eigenvalue weighted by molar-refractivity contribution is 0.0770. The summed E-state index contributed by atoms with van der Waals surface area (Å²) in [6.07, 6.45) is 2.17. The average molecular weight is 344 g/mol. The van der Waals surface area contributed by atoms with Crippen molar-refractivity contribution in [2.45, 2.75) is 19.4 Å². The molecule has 1 saturated heterocycles. The highest BCUT2D eigenvalue weighted by Gasteiger charge is 2.28. The summed E-state index contributed by atoms with van der Waals surface area (Å²) in [6, 6.07) is 6.82. The number of likely N-dealkylation sites (tertiary alicyclic amines) is 1. The molecule has 0 aliphatic carbocycles. The molecule has 25 heavy (non-hydrogen) atoms. The molecule has 0 radical (unpaired) electrons. The molecule has 1 atom stereocenters. The van der Waals surface area contributed by atoms with Crippen LogP contribution in [0.5, 0.6) is 17.6 Å². The zero-order chi connectivity index (χ0) is 17.6. The van der Waals surface area contributed by atoms with Crippen LogP contribution < -0.4 is 14.2 Å². The van der Waals surface area contributed by atoms with Crippen molar-refractivity contribution in [2.24, 2.45) is 0 Å². The first kappa shape index (κ1) is 16.9. The number of hydrogen-bond acceptors (Lipinski definition) is 7. The van der Waals surface area contributed by atoms with Gasteiger partial charge in [-0.3, -0.25) is 4.79 Å². The first-order valence-corrected chi connectivity index (χ1v) is 8.12. The second-order valence-corrected chi connectivity index (χ2v) is 5.51. The van der Waals surface area contributed by atoms with Crippen LogP contribution in [-0.4, -0.2) is 58.9 Å². The molecule has 0 aromatic carbocycles. The maximum absolute atomic E-state index is 12.5. The van der Waals surface area contributed by atoms with Gasteiger partial charge in [-0.15, -0.1) is 10.2 Å². The highest BCUT2D eigenvalue weighted by molar-refractivity contribution is 5.94. The summed E-state index contributed by atoms with van der Waals surface area (Å²) in [5.41, 5.74) is 0.536. The van der Waals surface area contributed by atoms with E-state index in [2.05, 4.69) is 15.2 Å². The molecule has 8 heteroatoms. The Kier molecular flexibility index (Phi) is 5.27. The van der Waals surface area contributed by atoms with Crippen molar-refractivity contribution in [3.63, 3.8) is 0 Å². The minimum Gasteiger partial charge on any atom is -0.480 e. The second-order valence-electron chi connectivity index (χ2n) is 5.51. The van der Waals surface area contributed by atoms with Gasteiger partial charge in [0.1, 0.15) is 6.10 Å². The SMILES string of the molecule is CCOc1ccc(C(=O)N2CCC(Oc3ccc(OC)nn3)C2)cn1. The quantitative estimate of drug-likeness (QED) is 0.786. The standard InChI is InChI=1S/C17H20N4O4/c1-3-24-14-5-4-12(10-18-14)17(22)21-9-8-13(11-21)25-16-7-6-15(23-2)19-20-16/h4-7,10,13H,3,8-9,11H2,1-2H3. The molecule has 1 aliphatic heterocycles. The number of amides is 1. The summed E-state index contributed by atoms with van der Waals surface area (Å²) >= 11 is 0. The maximum Gasteiger partial charge on any atom is 0.255 e. The Bertz CT molecular complexity index is 706. The lowest BCUT2D eigenvalue weighted by atomic mass is 10.2. The van der Waals surface area contributed by atoms with Gasteiger partial charge in [0.2, 0.25) is 17.6 Å². The van der Waals surface area contributed by atoms with Crippen LogP contribution in [-0.2, 0) is 0 Å². The van der Waals surface area contributed by atoms with Gasteiger partial charge in [-0.05, 0) is 13.0 Å². The number of rotatable bonds is 6. The molecular formula is C17H20N4O4. The van der Waals surface area contributed by atoms with Crippen molar-refractivity contribution >= 4 is 5.91 Å². The van der Waals surface area contributed by atoms with Crippen LogP contribution in [0.1, 0.15) is 23.7 Å². The summed E-state index contributed by atoms with van der Waals surface area (Å²) in [5.74, 6) is 1.30. The molecule has 1 amide bonds. The van der Waals surface area contributed by atoms with Gasteiger partial charge in [0.15, 0.2) is 0 Å². The van der Waals surface area contributed by atoms with E-state index in [1.54, 1.807) is 29.2 Å². The Morgan fingerprint density at radius 2 is 1.96 bits per heavy atom. The lowest BCUT2D eigenvalue weighted by Crippen LogP contribution is -2.31. The van der Waals surface area contributed by atoms with Crippen LogP contribution in [0.3, 0.4) is 0 Å². The lowest BCUT2D eigenvalue weighted by Gasteiger charge is -2.17. The summed E-state index contributed by atoms with van der Waals surface area (Å²) in [7, 11) is 1.53. The number of ether oxygens (including phenoxy) is 3. The molecule has 2 aromatic heterocycles. The van der Waals surface area contributed by atoms with E-state index in [0.29, 0.717) is 42.9 Å². The largest absolute Gasteiger partial charge is 0.480 e. The van der Waals surface area contributed by atoms with E-state index in [4.69, 9.17) is 14.2 Å². The monoisotopic (exact) mass is 344 g/mol. The Hall–Kier alpha value is -2.90. The van der Waals surface area contributed by atoms with Gasteiger partial charge in [-0.25, -0.2) is 4.98 Å². The van der Waals surface area contributed by atoms with Crippen molar-refractivity contribution in [2.75, 3.05) is 26.8 Å². The average Bonchev–Trinajstić information content (AvgIpc) is 3.11. The number of hydrogen-bond donors (Lipinski definition) is 0. The molecule has 0 bridgehead atoms. The number of nitrogens with zero attached hydrogens (tertiary/aromatic N) is 4. The summed E-state index contributed by atoms with van der Waals surface area (Å²) in [4.78, 5) is 18.4. The molecule has 8 nitrogen and oxygen atoms in total.